The monoisotopic (exact) mass is 292 g/mol. The fourth-order valence-corrected chi connectivity index (χ4v) is 2.41. The van der Waals surface area contributed by atoms with Crippen molar-refractivity contribution in [2.75, 3.05) is 6.54 Å². The molecule has 108 valence electrons. The Labute approximate surface area is 125 Å². The predicted molar refractivity (Wildman–Crippen MR) is 81.9 cm³/mol. The van der Waals surface area contributed by atoms with E-state index >= 15 is 0 Å². The third-order valence-corrected chi connectivity index (χ3v) is 3.53. The molecule has 1 N–H and O–H groups in total. The molecule has 0 bridgehead atoms. The molecule has 0 saturated heterocycles. The third-order valence-electron chi connectivity index (χ3n) is 3.21. The minimum atomic E-state index is 0.123. The zero-order chi connectivity index (χ0) is 14.4. The van der Waals surface area contributed by atoms with Gasteiger partial charge in [-0.2, -0.15) is 5.10 Å². The van der Waals surface area contributed by atoms with Gasteiger partial charge in [0.25, 0.3) is 0 Å². The lowest BCUT2D eigenvalue weighted by Gasteiger charge is -2.18. The Hall–Kier alpha value is -1.39. The molecule has 0 aliphatic carbocycles. The van der Waals surface area contributed by atoms with E-state index < -0.39 is 0 Å². The van der Waals surface area contributed by atoms with Crippen molar-refractivity contribution in [1.82, 2.24) is 20.1 Å². The van der Waals surface area contributed by atoms with Crippen LogP contribution >= 0.6 is 11.6 Å². The lowest BCUT2D eigenvalue weighted by molar-refractivity contribution is 0.517. The van der Waals surface area contributed by atoms with Gasteiger partial charge < -0.3 is 5.32 Å². The number of hydrogen-bond donors (Lipinski definition) is 1. The molecular formula is C15H21ClN4. The van der Waals surface area contributed by atoms with Gasteiger partial charge in [0.15, 0.2) is 0 Å². The van der Waals surface area contributed by atoms with Crippen LogP contribution in [0.15, 0.2) is 30.7 Å². The van der Waals surface area contributed by atoms with E-state index in [1.165, 1.54) is 5.56 Å². The molecular weight excluding hydrogens is 272 g/mol. The number of halogens is 1. The van der Waals surface area contributed by atoms with E-state index in [0.717, 1.165) is 31.6 Å². The first-order valence-corrected chi connectivity index (χ1v) is 7.47. The van der Waals surface area contributed by atoms with E-state index in [2.05, 4.69) is 35.4 Å². The van der Waals surface area contributed by atoms with Crippen molar-refractivity contribution in [1.29, 1.82) is 0 Å². The van der Waals surface area contributed by atoms with Crippen LogP contribution in [0.4, 0.5) is 0 Å². The molecule has 4 nitrogen and oxygen atoms in total. The van der Waals surface area contributed by atoms with Crippen molar-refractivity contribution in [3.05, 3.63) is 47.0 Å². The minimum Gasteiger partial charge on any atom is -0.308 e. The zero-order valence-corrected chi connectivity index (χ0v) is 12.8. The maximum atomic E-state index is 6.27. The van der Waals surface area contributed by atoms with Gasteiger partial charge in [-0.25, -0.2) is 0 Å². The number of nitrogens with zero attached hydrogens (tertiary/aromatic N) is 3. The number of aryl methyl sites for hydroxylation is 1. The number of aromatic nitrogens is 3. The van der Waals surface area contributed by atoms with Crippen molar-refractivity contribution < 1.29 is 0 Å². The SMILES string of the molecule is CCCNC(Cc1cnn(CC)c1)c1ncccc1Cl. The summed E-state index contributed by atoms with van der Waals surface area (Å²) < 4.78 is 1.94. The van der Waals surface area contributed by atoms with Gasteiger partial charge in [0.1, 0.15) is 0 Å². The smallest absolute Gasteiger partial charge is 0.0762 e. The van der Waals surface area contributed by atoms with Crippen LogP contribution in [0.2, 0.25) is 5.02 Å². The molecule has 5 heteroatoms. The number of nitrogens with one attached hydrogen (secondary N) is 1. The van der Waals surface area contributed by atoms with E-state index in [1.807, 2.05) is 23.0 Å². The van der Waals surface area contributed by atoms with Crippen LogP contribution in [-0.4, -0.2) is 21.3 Å². The van der Waals surface area contributed by atoms with Gasteiger partial charge in [-0.15, -0.1) is 0 Å². The molecule has 0 saturated carbocycles. The maximum absolute atomic E-state index is 6.27. The molecule has 2 rings (SSSR count). The molecule has 20 heavy (non-hydrogen) atoms. The van der Waals surface area contributed by atoms with E-state index in [4.69, 9.17) is 11.6 Å². The second-order valence-corrected chi connectivity index (χ2v) is 5.19. The van der Waals surface area contributed by atoms with Gasteiger partial charge in [-0.1, -0.05) is 18.5 Å². The summed E-state index contributed by atoms with van der Waals surface area (Å²) in [5.41, 5.74) is 2.11. The topological polar surface area (TPSA) is 42.7 Å². The van der Waals surface area contributed by atoms with Crippen LogP contribution in [0, 0.1) is 0 Å². The summed E-state index contributed by atoms with van der Waals surface area (Å²) in [6.07, 6.45) is 7.71. The second kappa shape index (κ2) is 7.41. The van der Waals surface area contributed by atoms with Crippen LogP contribution in [-0.2, 0) is 13.0 Å². The molecule has 1 unspecified atom stereocenters. The van der Waals surface area contributed by atoms with Crippen LogP contribution in [0.25, 0.3) is 0 Å². The molecule has 0 spiro atoms. The standard InChI is InChI=1S/C15H21ClN4/c1-3-7-17-14(15-13(16)6-5-8-18-15)9-12-10-19-20(4-2)11-12/h5-6,8,10-11,14,17H,3-4,7,9H2,1-2H3. The first-order chi connectivity index (χ1) is 9.74. The maximum Gasteiger partial charge on any atom is 0.0762 e. The van der Waals surface area contributed by atoms with Gasteiger partial charge in [-0.05, 0) is 44.0 Å². The van der Waals surface area contributed by atoms with E-state index in [1.54, 1.807) is 6.20 Å². The van der Waals surface area contributed by atoms with Gasteiger partial charge in [0, 0.05) is 18.9 Å². The summed E-state index contributed by atoms with van der Waals surface area (Å²) in [4.78, 5) is 4.43. The predicted octanol–water partition coefficient (Wildman–Crippen LogP) is 3.23. The molecule has 0 aliphatic rings. The largest absolute Gasteiger partial charge is 0.308 e. The van der Waals surface area contributed by atoms with E-state index in [0.29, 0.717) is 5.02 Å². The Bertz CT molecular complexity index is 538. The zero-order valence-electron chi connectivity index (χ0n) is 12.0. The van der Waals surface area contributed by atoms with Crippen molar-refractivity contribution in [3.8, 4) is 0 Å². The molecule has 2 aromatic heterocycles. The van der Waals surface area contributed by atoms with Crippen molar-refractivity contribution in [2.24, 2.45) is 0 Å². The van der Waals surface area contributed by atoms with Gasteiger partial charge in [0.05, 0.1) is 23.0 Å². The molecule has 2 aromatic rings. The number of pyridine rings is 1. The average molecular weight is 293 g/mol. The first kappa shape index (κ1) is 15.0. The highest BCUT2D eigenvalue weighted by atomic mass is 35.5. The fourth-order valence-electron chi connectivity index (χ4n) is 2.16. The normalized spacial score (nSPS) is 12.6. The summed E-state index contributed by atoms with van der Waals surface area (Å²) in [6.45, 7) is 6.06. The summed E-state index contributed by atoms with van der Waals surface area (Å²) in [5.74, 6) is 0. The summed E-state index contributed by atoms with van der Waals surface area (Å²) in [7, 11) is 0. The Morgan fingerprint density at radius 3 is 2.90 bits per heavy atom. The Balaban J connectivity index is 2.17. The highest BCUT2D eigenvalue weighted by Gasteiger charge is 2.16. The van der Waals surface area contributed by atoms with Crippen LogP contribution in [0.3, 0.4) is 0 Å². The van der Waals surface area contributed by atoms with Gasteiger partial charge in [-0.3, -0.25) is 9.67 Å². The van der Waals surface area contributed by atoms with E-state index in [9.17, 15) is 0 Å². The summed E-state index contributed by atoms with van der Waals surface area (Å²) in [5, 5.41) is 8.55. The van der Waals surface area contributed by atoms with Crippen LogP contribution in [0.1, 0.15) is 37.6 Å². The molecule has 0 amide bonds. The van der Waals surface area contributed by atoms with Gasteiger partial charge >= 0.3 is 0 Å². The number of rotatable bonds is 7. The van der Waals surface area contributed by atoms with Crippen molar-refractivity contribution in [2.45, 2.75) is 39.3 Å². The highest BCUT2D eigenvalue weighted by Crippen LogP contribution is 2.23. The summed E-state index contributed by atoms with van der Waals surface area (Å²) >= 11 is 6.27. The van der Waals surface area contributed by atoms with Gasteiger partial charge in [0.2, 0.25) is 0 Å². The average Bonchev–Trinajstić information content (AvgIpc) is 2.92. The third kappa shape index (κ3) is 3.81. The van der Waals surface area contributed by atoms with Crippen molar-refractivity contribution >= 4 is 11.6 Å². The molecule has 0 aromatic carbocycles. The Morgan fingerprint density at radius 1 is 1.40 bits per heavy atom. The molecule has 0 radical (unpaired) electrons. The Morgan fingerprint density at radius 2 is 2.25 bits per heavy atom. The molecule has 0 aliphatic heterocycles. The molecule has 2 heterocycles. The lowest BCUT2D eigenvalue weighted by atomic mass is 10.1. The van der Waals surface area contributed by atoms with Crippen LogP contribution in [0.5, 0.6) is 0 Å². The van der Waals surface area contributed by atoms with Crippen LogP contribution < -0.4 is 5.32 Å². The lowest BCUT2D eigenvalue weighted by Crippen LogP contribution is -2.25. The molecule has 1 atom stereocenters. The quantitative estimate of drug-likeness (QED) is 0.852. The first-order valence-electron chi connectivity index (χ1n) is 7.09. The Kier molecular flexibility index (Phi) is 5.56. The summed E-state index contributed by atoms with van der Waals surface area (Å²) in [6, 6.07) is 3.87. The minimum absolute atomic E-state index is 0.123. The highest BCUT2D eigenvalue weighted by molar-refractivity contribution is 6.31. The number of hydrogen-bond acceptors (Lipinski definition) is 3. The molecule has 0 fully saturated rings. The van der Waals surface area contributed by atoms with E-state index in [-0.39, 0.29) is 6.04 Å². The fraction of sp³-hybridized carbons (Fsp3) is 0.467. The van der Waals surface area contributed by atoms with Crippen molar-refractivity contribution in [3.63, 3.8) is 0 Å². The second-order valence-electron chi connectivity index (χ2n) is 4.79.